The van der Waals surface area contributed by atoms with Crippen LogP contribution in [-0.4, -0.2) is 90.1 Å². The first-order valence-corrected chi connectivity index (χ1v) is 19.9. The molecule has 2 saturated carbocycles. The molecule has 3 aliphatic rings. The van der Waals surface area contributed by atoms with Crippen LogP contribution in [0.4, 0.5) is 4.79 Å². The minimum atomic E-state index is -3.56. The number of unbranched alkanes of at least 4 members (excludes halogenated alkanes) is 1. The van der Waals surface area contributed by atoms with Gasteiger partial charge in [0.15, 0.2) is 9.84 Å². The number of hydrogen-bond acceptors (Lipinski definition) is 7. The van der Waals surface area contributed by atoms with Gasteiger partial charge in [0.05, 0.1) is 22.1 Å². The highest BCUT2D eigenvalue weighted by molar-refractivity contribution is 7.92. The van der Waals surface area contributed by atoms with Crippen molar-refractivity contribution in [2.45, 2.75) is 155 Å². The van der Waals surface area contributed by atoms with E-state index < -0.39 is 73.2 Å². The SMILES string of the molecule is CCCCC(NC(=O)C1C2C(CN1C(=O)[C@@H](NC(=O)NC1(CS(=O)(=O)C(C)(C)C)CCCCC1)C(C)(C)C)C2(C)C)C(=O)C(=O)NCCC. The summed E-state index contributed by atoms with van der Waals surface area (Å²) in [6.07, 6.45) is 5.93. The van der Waals surface area contributed by atoms with E-state index in [4.69, 9.17) is 0 Å². The lowest BCUT2D eigenvalue weighted by atomic mass is 9.83. The molecule has 0 bridgehead atoms. The smallest absolute Gasteiger partial charge is 0.315 e. The van der Waals surface area contributed by atoms with Gasteiger partial charge in [-0.3, -0.25) is 19.2 Å². The van der Waals surface area contributed by atoms with Crippen molar-refractivity contribution in [3.63, 3.8) is 0 Å². The molecule has 5 amide bonds. The van der Waals surface area contributed by atoms with Crippen molar-refractivity contribution in [2.75, 3.05) is 18.8 Å². The second kappa shape index (κ2) is 15.3. The largest absolute Gasteiger partial charge is 0.349 e. The van der Waals surface area contributed by atoms with Gasteiger partial charge in [-0.15, -0.1) is 0 Å². The Balaban J connectivity index is 1.86. The standard InChI is InChI=1S/C36H63N5O7S/c1-11-13-17-24(27(42)30(44)37-20-12-2)38-29(43)26-25-23(35(25,9)10)21-41(26)31(45)28(33(3,4)5)39-32(46)40-36(18-15-14-16-19-36)22-49(47,48)34(6,7)8/h23-26,28H,11-22H2,1-10H3,(H,37,44)(H,38,43)(H2,39,40,46)/t23?,24?,25?,26?,28-/m1/s1. The number of amides is 5. The Hall–Kier alpha value is -2.70. The van der Waals surface area contributed by atoms with Crippen LogP contribution in [-0.2, 0) is 29.0 Å². The van der Waals surface area contributed by atoms with Crippen LogP contribution in [0.1, 0.15) is 127 Å². The van der Waals surface area contributed by atoms with Crippen LogP contribution in [0.2, 0.25) is 0 Å². The van der Waals surface area contributed by atoms with Gasteiger partial charge in [0.25, 0.3) is 5.91 Å². The lowest BCUT2D eigenvalue weighted by Gasteiger charge is -2.41. The van der Waals surface area contributed by atoms with Crippen LogP contribution in [0, 0.1) is 22.7 Å². The van der Waals surface area contributed by atoms with E-state index in [0.717, 1.165) is 25.7 Å². The predicted molar refractivity (Wildman–Crippen MR) is 190 cm³/mol. The number of nitrogens with one attached hydrogen (secondary N) is 4. The van der Waals surface area contributed by atoms with E-state index in [9.17, 15) is 32.4 Å². The van der Waals surface area contributed by atoms with Gasteiger partial charge in [-0.05, 0) is 69.1 Å². The molecule has 1 heterocycles. The molecule has 12 nitrogen and oxygen atoms in total. The fourth-order valence-corrected chi connectivity index (χ4v) is 9.09. The third kappa shape index (κ3) is 9.35. The summed E-state index contributed by atoms with van der Waals surface area (Å²) in [6.45, 7) is 19.1. The average molecular weight is 710 g/mol. The van der Waals surface area contributed by atoms with E-state index >= 15 is 0 Å². The average Bonchev–Trinajstić information content (AvgIpc) is 3.30. The van der Waals surface area contributed by atoms with Crippen molar-refractivity contribution in [3.05, 3.63) is 0 Å². The van der Waals surface area contributed by atoms with Gasteiger partial charge in [-0.1, -0.05) is 80.6 Å². The molecule has 49 heavy (non-hydrogen) atoms. The number of Topliss-reactive ketones (excluding diaryl/α,β-unsaturated/α-hetero) is 1. The highest BCUT2D eigenvalue weighted by Crippen LogP contribution is 2.65. The summed E-state index contributed by atoms with van der Waals surface area (Å²) in [4.78, 5) is 69.5. The number of carbonyl (C=O) groups is 5. The van der Waals surface area contributed by atoms with E-state index in [1.807, 2.05) is 34.6 Å². The molecule has 13 heteroatoms. The Kier molecular flexibility index (Phi) is 12.7. The molecule has 0 aromatic rings. The summed E-state index contributed by atoms with van der Waals surface area (Å²) in [5, 5.41) is 11.3. The van der Waals surface area contributed by atoms with Crippen molar-refractivity contribution < 1.29 is 32.4 Å². The molecule has 0 aromatic carbocycles. The summed E-state index contributed by atoms with van der Waals surface area (Å²) in [5.74, 6) is -2.60. The van der Waals surface area contributed by atoms with Gasteiger partial charge in [0.1, 0.15) is 12.1 Å². The molecular weight excluding hydrogens is 646 g/mol. The van der Waals surface area contributed by atoms with Crippen LogP contribution >= 0.6 is 0 Å². The monoisotopic (exact) mass is 709 g/mol. The zero-order valence-corrected chi connectivity index (χ0v) is 32.4. The summed E-state index contributed by atoms with van der Waals surface area (Å²) in [6, 6.07) is -3.53. The topological polar surface area (TPSA) is 171 Å². The van der Waals surface area contributed by atoms with Crippen LogP contribution < -0.4 is 21.3 Å². The Labute approximate surface area is 294 Å². The quantitative estimate of drug-likeness (QED) is 0.198. The number of sulfone groups is 1. The lowest BCUT2D eigenvalue weighted by Crippen LogP contribution is -2.64. The van der Waals surface area contributed by atoms with Crippen LogP contribution in [0.15, 0.2) is 0 Å². The van der Waals surface area contributed by atoms with Crippen LogP contribution in [0.3, 0.4) is 0 Å². The molecule has 3 rings (SSSR count). The van der Waals surface area contributed by atoms with E-state index in [1.54, 1.807) is 20.8 Å². The highest BCUT2D eigenvalue weighted by atomic mass is 32.2. The van der Waals surface area contributed by atoms with Gasteiger partial charge in [0, 0.05) is 13.1 Å². The number of urea groups is 1. The lowest BCUT2D eigenvalue weighted by molar-refractivity contribution is -0.145. The molecule has 4 unspecified atom stereocenters. The summed E-state index contributed by atoms with van der Waals surface area (Å²) in [5.41, 5.74) is -1.91. The van der Waals surface area contributed by atoms with E-state index in [0.29, 0.717) is 45.2 Å². The summed E-state index contributed by atoms with van der Waals surface area (Å²) < 4.78 is 25.6. The Morgan fingerprint density at radius 2 is 1.51 bits per heavy atom. The van der Waals surface area contributed by atoms with Gasteiger partial charge in [-0.2, -0.15) is 0 Å². The second-order valence-electron chi connectivity index (χ2n) is 17.3. The number of hydrogen-bond donors (Lipinski definition) is 4. The van der Waals surface area contributed by atoms with Gasteiger partial charge < -0.3 is 26.2 Å². The van der Waals surface area contributed by atoms with E-state index in [1.165, 1.54) is 4.90 Å². The van der Waals surface area contributed by atoms with Crippen molar-refractivity contribution in [1.29, 1.82) is 0 Å². The third-order valence-electron chi connectivity index (χ3n) is 11.0. The molecule has 1 saturated heterocycles. The molecule has 280 valence electrons. The molecule has 1 aliphatic heterocycles. The molecule has 5 atom stereocenters. The first kappa shape index (κ1) is 40.7. The molecule has 2 aliphatic carbocycles. The number of nitrogens with zero attached hydrogens (tertiary/aromatic N) is 1. The Morgan fingerprint density at radius 3 is 2.04 bits per heavy atom. The summed E-state index contributed by atoms with van der Waals surface area (Å²) in [7, 11) is -3.56. The molecular formula is C36H63N5O7S. The van der Waals surface area contributed by atoms with Crippen molar-refractivity contribution >= 4 is 39.4 Å². The van der Waals surface area contributed by atoms with Crippen LogP contribution in [0.25, 0.3) is 0 Å². The van der Waals surface area contributed by atoms with E-state index in [-0.39, 0.29) is 23.0 Å². The minimum absolute atomic E-state index is 0.0624. The fraction of sp³-hybridized carbons (Fsp3) is 0.861. The van der Waals surface area contributed by atoms with Crippen molar-refractivity contribution in [3.8, 4) is 0 Å². The number of carbonyl (C=O) groups excluding carboxylic acids is 5. The first-order valence-electron chi connectivity index (χ1n) is 18.3. The number of fused-ring (bicyclic) bond motifs is 1. The molecule has 0 spiro atoms. The zero-order valence-electron chi connectivity index (χ0n) is 31.6. The van der Waals surface area contributed by atoms with Crippen LogP contribution in [0.5, 0.6) is 0 Å². The fourth-order valence-electron chi connectivity index (χ4n) is 7.57. The number of likely N-dealkylation sites (tertiary alicyclic amines) is 1. The van der Waals surface area contributed by atoms with Crippen molar-refractivity contribution in [2.24, 2.45) is 22.7 Å². The first-order chi connectivity index (χ1) is 22.5. The second-order valence-corrected chi connectivity index (χ2v) is 20.1. The maximum Gasteiger partial charge on any atom is 0.315 e. The molecule has 3 fully saturated rings. The Bertz CT molecular complexity index is 1360. The van der Waals surface area contributed by atoms with Gasteiger partial charge >= 0.3 is 6.03 Å². The van der Waals surface area contributed by atoms with E-state index in [2.05, 4.69) is 35.1 Å². The predicted octanol–water partition coefficient (Wildman–Crippen LogP) is 3.87. The van der Waals surface area contributed by atoms with Crippen molar-refractivity contribution in [1.82, 2.24) is 26.2 Å². The third-order valence-corrected chi connectivity index (χ3v) is 13.8. The Morgan fingerprint density at radius 1 is 0.898 bits per heavy atom. The zero-order chi connectivity index (χ0) is 37.2. The normalized spacial score (nSPS) is 24.2. The number of ketones is 1. The maximum absolute atomic E-state index is 14.4. The van der Waals surface area contributed by atoms with Gasteiger partial charge in [-0.25, -0.2) is 13.2 Å². The van der Waals surface area contributed by atoms with Gasteiger partial charge in [0.2, 0.25) is 17.6 Å². The summed E-state index contributed by atoms with van der Waals surface area (Å²) >= 11 is 0. The molecule has 0 radical (unpaired) electrons. The highest BCUT2D eigenvalue weighted by Gasteiger charge is 2.70. The molecule has 0 aromatic heterocycles. The molecule has 4 N–H and O–H groups in total. The maximum atomic E-state index is 14.4. The minimum Gasteiger partial charge on any atom is -0.349 e. The number of piperidine rings is 1. The number of rotatable bonds is 14.